The van der Waals surface area contributed by atoms with Gasteiger partial charge >= 0.3 is 0 Å². The lowest BCUT2D eigenvalue weighted by molar-refractivity contribution is 0.552. The number of allylic oxidation sites excluding steroid dienone is 6. The molecule has 16 heavy (non-hydrogen) atoms. The fraction of sp³-hybridized carbons (Fsp3) is 0.625. The van der Waals surface area contributed by atoms with Crippen molar-refractivity contribution in [3.63, 3.8) is 0 Å². The SMILES string of the molecule is CC.CC.CC1CCCC2=C1C=CCC=C2. The van der Waals surface area contributed by atoms with Crippen molar-refractivity contribution >= 4 is 0 Å². The van der Waals surface area contributed by atoms with Crippen molar-refractivity contribution in [1.82, 2.24) is 0 Å². The molecule has 0 aromatic rings. The second-order valence-corrected chi connectivity index (χ2v) is 3.81. The highest BCUT2D eigenvalue weighted by atomic mass is 14.2. The van der Waals surface area contributed by atoms with Crippen LogP contribution in [0.15, 0.2) is 35.5 Å². The van der Waals surface area contributed by atoms with Crippen LogP contribution in [0, 0.1) is 5.92 Å². The van der Waals surface area contributed by atoms with Crippen molar-refractivity contribution < 1.29 is 0 Å². The summed E-state index contributed by atoms with van der Waals surface area (Å²) in [6, 6.07) is 0. The van der Waals surface area contributed by atoms with Gasteiger partial charge in [0.15, 0.2) is 0 Å². The van der Waals surface area contributed by atoms with Gasteiger partial charge in [0.05, 0.1) is 0 Å². The summed E-state index contributed by atoms with van der Waals surface area (Å²) in [4.78, 5) is 0. The van der Waals surface area contributed by atoms with E-state index < -0.39 is 0 Å². The number of hydrogen-bond acceptors (Lipinski definition) is 0. The van der Waals surface area contributed by atoms with Gasteiger partial charge in [0.25, 0.3) is 0 Å². The van der Waals surface area contributed by atoms with Crippen LogP contribution in [0.3, 0.4) is 0 Å². The van der Waals surface area contributed by atoms with E-state index in [0.717, 1.165) is 12.3 Å². The molecule has 0 aromatic heterocycles. The molecule has 0 fully saturated rings. The third kappa shape index (κ3) is 4.38. The zero-order valence-electron chi connectivity index (χ0n) is 11.7. The average Bonchev–Trinajstić information content (AvgIpc) is 2.60. The highest BCUT2D eigenvalue weighted by Crippen LogP contribution is 2.32. The zero-order chi connectivity index (χ0) is 12.4. The molecule has 0 bridgehead atoms. The lowest BCUT2D eigenvalue weighted by atomic mass is 9.84. The van der Waals surface area contributed by atoms with Crippen LogP contribution in [0.2, 0.25) is 0 Å². The van der Waals surface area contributed by atoms with Crippen LogP contribution in [-0.2, 0) is 0 Å². The topological polar surface area (TPSA) is 0 Å². The van der Waals surface area contributed by atoms with E-state index in [2.05, 4.69) is 31.2 Å². The summed E-state index contributed by atoms with van der Waals surface area (Å²) in [5, 5.41) is 0. The maximum atomic E-state index is 2.35. The van der Waals surface area contributed by atoms with Crippen molar-refractivity contribution in [2.75, 3.05) is 0 Å². The fourth-order valence-corrected chi connectivity index (χ4v) is 2.15. The highest BCUT2D eigenvalue weighted by molar-refractivity contribution is 5.38. The standard InChI is InChI=1S/C12H16.2C2H6/c1-10-6-5-8-11-7-3-2-4-9-12(10)11;2*1-2/h3-4,7,9-10H,2,5-6,8H2,1H3;2*1-2H3. The van der Waals surface area contributed by atoms with Gasteiger partial charge in [0, 0.05) is 0 Å². The molecule has 0 aromatic carbocycles. The van der Waals surface area contributed by atoms with Crippen LogP contribution in [0.25, 0.3) is 0 Å². The van der Waals surface area contributed by atoms with Gasteiger partial charge in [-0.3, -0.25) is 0 Å². The Bertz CT molecular complexity index is 253. The first-order chi connectivity index (χ1) is 7.88. The molecule has 0 heteroatoms. The summed E-state index contributed by atoms with van der Waals surface area (Å²) in [6.45, 7) is 10.3. The monoisotopic (exact) mass is 220 g/mol. The molecular formula is C16H28. The predicted octanol–water partition coefficient (Wildman–Crippen LogP) is 5.67. The van der Waals surface area contributed by atoms with Crippen LogP contribution in [0.4, 0.5) is 0 Å². The fourth-order valence-electron chi connectivity index (χ4n) is 2.15. The van der Waals surface area contributed by atoms with Crippen LogP contribution in [-0.4, -0.2) is 0 Å². The third-order valence-electron chi connectivity index (χ3n) is 2.87. The predicted molar refractivity (Wildman–Crippen MR) is 75.6 cm³/mol. The first kappa shape index (κ1) is 15.2. The molecule has 0 spiro atoms. The van der Waals surface area contributed by atoms with Gasteiger partial charge in [-0.05, 0) is 42.7 Å². The largest absolute Gasteiger partial charge is 0.0805 e. The van der Waals surface area contributed by atoms with E-state index in [1.807, 2.05) is 27.7 Å². The Kier molecular flexibility index (Phi) is 8.99. The highest BCUT2D eigenvalue weighted by Gasteiger charge is 2.16. The molecule has 0 saturated heterocycles. The first-order valence-corrected chi connectivity index (χ1v) is 6.94. The Hall–Kier alpha value is -0.780. The quantitative estimate of drug-likeness (QED) is 0.493. The lowest BCUT2D eigenvalue weighted by Gasteiger charge is -2.21. The van der Waals surface area contributed by atoms with E-state index in [-0.39, 0.29) is 0 Å². The molecule has 0 N–H and O–H groups in total. The molecule has 2 aliphatic carbocycles. The van der Waals surface area contributed by atoms with Crippen molar-refractivity contribution in [3.05, 3.63) is 35.5 Å². The van der Waals surface area contributed by atoms with E-state index in [0.29, 0.717) is 0 Å². The first-order valence-electron chi connectivity index (χ1n) is 6.94. The van der Waals surface area contributed by atoms with E-state index in [4.69, 9.17) is 0 Å². The maximum absolute atomic E-state index is 2.35. The molecule has 2 aliphatic rings. The Morgan fingerprint density at radius 3 is 2.31 bits per heavy atom. The minimum absolute atomic E-state index is 0.785. The van der Waals surface area contributed by atoms with Gasteiger partial charge in [0.2, 0.25) is 0 Å². The molecule has 0 heterocycles. The van der Waals surface area contributed by atoms with Crippen LogP contribution in [0.1, 0.15) is 60.3 Å². The minimum atomic E-state index is 0.785. The summed E-state index contributed by atoms with van der Waals surface area (Å²) in [5.74, 6) is 0.785. The van der Waals surface area contributed by atoms with Crippen molar-refractivity contribution in [2.45, 2.75) is 60.3 Å². The van der Waals surface area contributed by atoms with Crippen molar-refractivity contribution in [3.8, 4) is 0 Å². The number of rotatable bonds is 0. The van der Waals surface area contributed by atoms with Gasteiger partial charge in [0.1, 0.15) is 0 Å². The number of hydrogen-bond donors (Lipinski definition) is 0. The summed E-state index contributed by atoms with van der Waals surface area (Å²) in [5.41, 5.74) is 3.18. The second-order valence-electron chi connectivity index (χ2n) is 3.81. The Labute approximate surface area is 102 Å². The van der Waals surface area contributed by atoms with Crippen LogP contribution < -0.4 is 0 Å². The summed E-state index contributed by atoms with van der Waals surface area (Å²) >= 11 is 0. The van der Waals surface area contributed by atoms with Gasteiger partial charge in [-0.25, -0.2) is 0 Å². The normalized spacial score (nSPS) is 22.2. The molecule has 0 saturated carbocycles. The maximum Gasteiger partial charge on any atom is -0.0163 e. The van der Waals surface area contributed by atoms with Crippen LogP contribution >= 0.6 is 0 Å². The molecule has 1 unspecified atom stereocenters. The van der Waals surface area contributed by atoms with E-state index in [9.17, 15) is 0 Å². The summed E-state index contributed by atoms with van der Waals surface area (Å²) in [6.07, 6.45) is 14.4. The summed E-state index contributed by atoms with van der Waals surface area (Å²) < 4.78 is 0. The van der Waals surface area contributed by atoms with Gasteiger partial charge < -0.3 is 0 Å². The minimum Gasteiger partial charge on any atom is -0.0805 e. The van der Waals surface area contributed by atoms with Gasteiger partial charge in [-0.2, -0.15) is 0 Å². The van der Waals surface area contributed by atoms with Crippen molar-refractivity contribution in [1.29, 1.82) is 0 Å². The molecule has 0 radical (unpaired) electrons. The van der Waals surface area contributed by atoms with Crippen LogP contribution in [0.5, 0.6) is 0 Å². The smallest absolute Gasteiger partial charge is 0.0163 e. The average molecular weight is 220 g/mol. The molecule has 92 valence electrons. The summed E-state index contributed by atoms with van der Waals surface area (Å²) in [7, 11) is 0. The molecular weight excluding hydrogens is 192 g/mol. The van der Waals surface area contributed by atoms with E-state index in [1.54, 1.807) is 11.1 Å². The van der Waals surface area contributed by atoms with Crippen molar-refractivity contribution in [2.24, 2.45) is 5.92 Å². The Morgan fingerprint density at radius 2 is 1.62 bits per heavy atom. The van der Waals surface area contributed by atoms with E-state index >= 15 is 0 Å². The Morgan fingerprint density at radius 1 is 1.00 bits per heavy atom. The molecule has 0 nitrogen and oxygen atoms in total. The van der Waals surface area contributed by atoms with Gasteiger partial charge in [-0.1, -0.05) is 58.9 Å². The molecule has 1 atom stereocenters. The third-order valence-corrected chi connectivity index (χ3v) is 2.87. The van der Waals surface area contributed by atoms with Gasteiger partial charge in [-0.15, -0.1) is 0 Å². The molecule has 2 rings (SSSR count). The van der Waals surface area contributed by atoms with E-state index in [1.165, 1.54) is 19.3 Å². The molecule has 0 aliphatic heterocycles. The lowest BCUT2D eigenvalue weighted by Crippen LogP contribution is -2.06. The second kappa shape index (κ2) is 9.45. The molecule has 0 amide bonds. The zero-order valence-corrected chi connectivity index (χ0v) is 11.7. The Balaban J connectivity index is 0.000000509.